The second kappa shape index (κ2) is 4.89. The van der Waals surface area contributed by atoms with E-state index in [-0.39, 0.29) is 5.56 Å². The molecule has 14 heavy (non-hydrogen) atoms. The lowest BCUT2D eigenvalue weighted by Gasteiger charge is -2.04. The van der Waals surface area contributed by atoms with E-state index in [9.17, 15) is 13.2 Å². The summed E-state index contributed by atoms with van der Waals surface area (Å²) in [7, 11) is 0. The SMILES string of the molecule is CSc1ccc(Br)cc1C(F)=C(F)F. The number of thioether (sulfide) groups is 1. The Hall–Kier alpha value is -0.420. The van der Waals surface area contributed by atoms with Crippen molar-refractivity contribution in [2.75, 3.05) is 6.26 Å². The fourth-order valence-electron chi connectivity index (χ4n) is 0.954. The summed E-state index contributed by atoms with van der Waals surface area (Å²) in [6, 6.07) is 4.60. The molecular weight excluding hydrogens is 277 g/mol. The molecular formula is C9H6BrF3S. The van der Waals surface area contributed by atoms with Gasteiger partial charge in [-0.05, 0) is 24.5 Å². The maximum absolute atomic E-state index is 13.0. The summed E-state index contributed by atoms with van der Waals surface area (Å²) in [6.07, 6.45) is -0.589. The Balaban J connectivity index is 3.31. The molecule has 0 aliphatic heterocycles. The lowest BCUT2D eigenvalue weighted by atomic mass is 10.2. The van der Waals surface area contributed by atoms with Gasteiger partial charge in [-0.2, -0.15) is 8.78 Å². The van der Waals surface area contributed by atoms with Crippen molar-refractivity contribution in [2.45, 2.75) is 4.90 Å². The van der Waals surface area contributed by atoms with Gasteiger partial charge in [0, 0.05) is 14.9 Å². The second-order valence-electron chi connectivity index (χ2n) is 2.42. The molecule has 0 spiro atoms. The van der Waals surface area contributed by atoms with Gasteiger partial charge < -0.3 is 0 Å². The number of hydrogen-bond acceptors (Lipinski definition) is 1. The van der Waals surface area contributed by atoms with E-state index in [1.807, 2.05) is 0 Å². The zero-order chi connectivity index (χ0) is 10.7. The Bertz CT molecular complexity index is 372. The third-order valence-corrected chi connectivity index (χ3v) is 2.85. The van der Waals surface area contributed by atoms with Gasteiger partial charge in [-0.15, -0.1) is 11.8 Å². The van der Waals surface area contributed by atoms with E-state index in [2.05, 4.69) is 15.9 Å². The zero-order valence-electron chi connectivity index (χ0n) is 7.15. The van der Waals surface area contributed by atoms with Gasteiger partial charge in [-0.1, -0.05) is 15.9 Å². The van der Waals surface area contributed by atoms with Crippen molar-refractivity contribution in [3.05, 3.63) is 34.3 Å². The minimum atomic E-state index is -2.29. The van der Waals surface area contributed by atoms with Crippen LogP contribution < -0.4 is 0 Å². The Labute approximate surface area is 92.3 Å². The van der Waals surface area contributed by atoms with Gasteiger partial charge in [0.25, 0.3) is 0 Å². The molecule has 0 saturated carbocycles. The second-order valence-corrected chi connectivity index (χ2v) is 4.18. The molecule has 1 aromatic carbocycles. The average Bonchev–Trinajstić information content (AvgIpc) is 2.16. The zero-order valence-corrected chi connectivity index (χ0v) is 9.55. The van der Waals surface area contributed by atoms with Gasteiger partial charge in [-0.25, -0.2) is 4.39 Å². The molecule has 0 bridgehead atoms. The molecule has 1 rings (SSSR count). The summed E-state index contributed by atoms with van der Waals surface area (Å²) in [6.45, 7) is 0. The molecule has 0 fully saturated rings. The third kappa shape index (κ3) is 2.54. The number of benzene rings is 1. The van der Waals surface area contributed by atoms with Gasteiger partial charge in [0.1, 0.15) is 0 Å². The minimum Gasteiger partial charge on any atom is -0.200 e. The van der Waals surface area contributed by atoms with Crippen LogP contribution >= 0.6 is 27.7 Å². The predicted octanol–water partition coefficient (Wildman–Crippen LogP) is 4.71. The fourth-order valence-corrected chi connectivity index (χ4v) is 1.89. The molecule has 1 aromatic rings. The molecule has 76 valence electrons. The van der Waals surface area contributed by atoms with Crippen LogP contribution in [0.15, 0.2) is 33.6 Å². The summed E-state index contributed by atoms with van der Waals surface area (Å²) < 4.78 is 37.6. The summed E-state index contributed by atoms with van der Waals surface area (Å²) in [5, 5.41) is 0. The number of hydrogen-bond donors (Lipinski definition) is 0. The summed E-state index contributed by atoms with van der Waals surface area (Å²) in [5.74, 6) is -1.46. The average molecular weight is 283 g/mol. The summed E-state index contributed by atoms with van der Waals surface area (Å²) in [4.78, 5) is 0.485. The van der Waals surface area contributed by atoms with Crippen molar-refractivity contribution in [1.29, 1.82) is 0 Å². The Kier molecular flexibility index (Phi) is 4.07. The van der Waals surface area contributed by atoms with Crippen LogP contribution in [0.2, 0.25) is 0 Å². The molecule has 0 atom stereocenters. The van der Waals surface area contributed by atoms with Crippen LogP contribution in [0.3, 0.4) is 0 Å². The monoisotopic (exact) mass is 282 g/mol. The van der Waals surface area contributed by atoms with Crippen LogP contribution in [0.25, 0.3) is 5.83 Å². The van der Waals surface area contributed by atoms with Crippen LogP contribution in [-0.2, 0) is 0 Å². The first kappa shape index (κ1) is 11.7. The van der Waals surface area contributed by atoms with Crippen molar-refractivity contribution in [3.8, 4) is 0 Å². The smallest absolute Gasteiger partial charge is 0.200 e. The molecule has 0 unspecified atom stereocenters. The molecule has 0 saturated heterocycles. The minimum absolute atomic E-state index is 0.0770. The standard InChI is InChI=1S/C9H6BrF3S/c1-14-7-3-2-5(10)4-6(7)8(11)9(12)13/h2-4H,1H3. The normalized spacial score (nSPS) is 10.1. The summed E-state index contributed by atoms with van der Waals surface area (Å²) in [5.41, 5.74) is -0.0770. The van der Waals surface area contributed by atoms with Crippen LogP contribution in [0.5, 0.6) is 0 Å². The van der Waals surface area contributed by atoms with Crippen molar-refractivity contribution >= 4 is 33.5 Å². The van der Waals surface area contributed by atoms with E-state index in [1.165, 1.54) is 17.8 Å². The van der Waals surface area contributed by atoms with Gasteiger partial charge in [-0.3, -0.25) is 0 Å². The van der Waals surface area contributed by atoms with Crippen LogP contribution in [0.1, 0.15) is 5.56 Å². The molecule has 0 amide bonds. The van der Waals surface area contributed by atoms with E-state index in [4.69, 9.17) is 0 Å². The van der Waals surface area contributed by atoms with Crippen molar-refractivity contribution in [2.24, 2.45) is 0 Å². The molecule has 0 aliphatic carbocycles. The predicted molar refractivity (Wildman–Crippen MR) is 56.2 cm³/mol. The third-order valence-electron chi connectivity index (χ3n) is 1.56. The number of halogens is 4. The lowest BCUT2D eigenvalue weighted by molar-refractivity contribution is 0.410. The molecule has 0 aromatic heterocycles. The van der Waals surface area contributed by atoms with E-state index in [0.29, 0.717) is 9.37 Å². The van der Waals surface area contributed by atoms with Crippen LogP contribution in [0.4, 0.5) is 13.2 Å². The molecule has 0 nitrogen and oxygen atoms in total. The van der Waals surface area contributed by atoms with Gasteiger partial charge in [0.05, 0.1) is 0 Å². The fraction of sp³-hybridized carbons (Fsp3) is 0.111. The van der Waals surface area contributed by atoms with Crippen LogP contribution in [0, 0.1) is 0 Å². The first-order chi connectivity index (χ1) is 6.56. The highest BCUT2D eigenvalue weighted by atomic mass is 79.9. The highest BCUT2D eigenvalue weighted by Gasteiger charge is 2.13. The lowest BCUT2D eigenvalue weighted by Crippen LogP contribution is -1.84. The Morgan fingerprint density at radius 2 is 1.93 bits per heavy atom. The Morgan fingerprint density at radius 3 is 2.43 bits per heavy atom. The largest absolute Gasteiger partial charge is 0.306 e. The maximum Gasteiger partial charge on any atom is 0.306 e. The highest BCUT2D eigenvalue weighted by Crippen LogP contribution is 2.32. The van der Waals surface area contributed by atoms with Crippen molar-refractivity contribution in [1.82, 2.24) is 0 Å². The first-order valence-electron chi connectivity index (χ1n) is 3.61. The maximum atomic E-state index is 13.0. The topological polar surface area (TPSA) is 0 Å². The quantitative estimate of drug-likeness (QED) is 0.708. The van der Waals surface area contributed by atoms with Crippen molar-refractivity contribution in [3.63, 3.8) is 0 Å². The van der Waals surface area contributed by atoms with E-state index < -0.39 is 11.9 Å². The molecule has 0 aliphatic rings. The number of rotatable bonds is 2. The molecule has 0 heterocycles. The van der Waals surface area contributed by atoms with Gasteiger partial charge in [0.2, 0.25) is 0 Å². The van der Waals surface area contributed by atoms with Crippen LogP contribution in [-0.4, -0.2) is 6.26 Å². The van der Waals surface area contributed by atoms with E-state index in [0.717, 1.165) is 0 Å². The molecule has 0 radical (unpaired) electrons. The van der Waals surface area contributed by atoms with E-state index >= 15 is 0 Å². The molecule has 0 N–H and O–H groups in total. The molecule has 5 heteroatoms. The first-order valence-corrected chi connectivity index (χ1v) is 5.62. The van der Waals surface area contributed by atoms with Gasteiger partial charge >= 0.3 is 6.08 Å². The summed E-state index contributed by atoms with van der Waals surface area (Å²) >= 11 is 4.32. The van der Waals surface area contributed by atoms with Crippen molar-refractivity contribution < 1.29 is 13.2 Å². The highest BCUT2D eigenvalue weighted by molar-refractivity contribution is 9.10. The van der Waals surface area contributed by atoms with E-state index in [1.54, 1.807) is 18.4 Å². The Morgan fingerprint density at radius 1 is 1.29 bits per heavy atom. The van der Waals surface area contributed by atoms with Gasteiger partial charge in [0.15, 0.2) is 5.83 Å².